The Morgan fingerprint density at radius 3 is 2.71 bits per heavy atom. The molecule has 0 aliphatic rings. The van der Waals surface area contributed by atoms with Crippen LogP contribution in [0.4, 0.5) is 5.82 Å². The summed E-state index contributed by atoms with van der Waals surface area (Å²) in [5, 5.41) is 4.42. The largest absolute Gasteiger partial charge is 0.261 e. The Hall–Kier alpha value is -1.46. The minimum absolute atomic E-state index is 0.376. The first kappa shape index (κ1) is 12.0. The smallest absolute Gasteiger partial charge is 0.151 e. The van der Waals surface area contributed by atoms with E-state index in [1.807, 2.05) is 24.3 Å². The standard InChI is InChI=1S/C11H8BrClN4/c12-9-3-1-8(2-4-9)6-16-17-11-5-10(13)14-7-15-11/h1-7H,(H,14,15,17)/b16-6-. The van der Waals surface area contributed by atoms with E-state index in [1.54, 1.807) is 12.3 Å². The number of benzene rings is 1. The van der Waals surface area contributed by atoms with Crippen LogP contribution in [0.3, 0.4) is 0 Å². The molecule has 0 atom stereocenters. The van der Waals surface area contributed by atoms with Crippen LogP contribution in [0.2, 0.25) is 5.15 Å². The quantitative estimate of drug-likeness (QED) is 0.537. The highest BCUT2D eigenvalue weighted by Gasteiger charge is 1.93. The second kappa shape index (κ2) is 5.75. The van der Waals surface area contributed by atoms with E-state index in [9.17, 15) is 0 Å². The molecule has 1 aromatic heterocycles. The normalized spacial score (nSPS) is 10.7. The molecular weight excluding hydrogens is 304 g/mol. The van der Waals surface area contributed by atoms with Crippen LogP contribution >= 0.6 is 27.5 Å². The number of hydrogen-bond donors (Lipinski definition) is 1. The summed E-state index contributed by atoms with van der Waals surface area (Å²) in [6.45, 7) is 0. The van der Waals surface area contributed by atoms with Crippen LogP contribution in [0.1, 0.15) is 5.56 Å². The lowest BCUT2D eigenvalue weighted by Gasteiger charge is -1.98. The van der Waals surface area contributed by atoms with Crippen molar-refractivity contribution in [1.29, 1.82) is 0 Å². The number of anilines is 1. The van der Waals surface area contributed by atoms with Gasteiger partial charge in [-0.2, -0.15) is 5.10 Å². The van der Waals surface area contributed by atoms with Crippen LogP contribution in [0, 0.1) is 0 Å². The van der Waals surface area contributed by atoms with Gasteiger partial charge >= 0.3 is 0 Å². The third-order valence-electron chi connectivity index (χ3n) is 1.90. The van der Waals surface area contributed by atoms with Crippen LogP contribution in [0.25, 0.3) is 0 Å². The lowest BCUT2D eigenvalue weighted by Crippen LogP contribution is -1.93. The molecule has 1 heterocycles. The zero-order valence-corrected chi connectivity index (χ0v) is 11.0. The Kier molecular flexibility index (Phi) is 4.06. The van der Waals surface area contributed by atoms with Crippen molar-refractivity contribution in [2.24, 2.45) is 5.10 Å². The third-order valence-corrected chi connectivity index (χ3v) is 2.63. The molecule has 0 aliphatic heterocycles. The van der Waals surface area contributed by atoms with Gasteiger partial charge in [-0.25, -0.2) is 9.97 Å². The fraction of sp³-hybridized carbons (Fsp3) is 0. The van der Waals surface area contributed by atoms with Crippen molar-refractivity contribution in [2.75, 3.05) is 5.43 Å². The SMILES string of the molecule is Clc1cc(N/N=C\c2ccc(Br)cc2)ncn1. The molecule has 1 aromatic carbocycles. The van der Waals surface area contributed by atoms with Crippen LogP contribution in [0.5, 0.6) is 0 Å². The maximum absolute atomic E-state index is 5.71. The molecule has 0 unspecified atom stereocenters. The second-order valence-electron chi connectivity index (χ2n) is 3.15. The molecule has 0 radical (unpaired) electrons. The average molecular weight is 312 g/mol. The summed E-state index contributed by atoms with van der Waals surface area (Å²) in [6, 6.07) is 9.39. The first-order valence-corrected chi connectivity index (χ1v) is 5.93. The van der Waals surface area contributed by atoms with Gasteiger partial charge in [-0.05, 0) is 17.7 Å². The topological polar surface area (TPSA) is 50.2 Å². The van der Waals surface area contributed by atoms with Crippen LogP contribution in [-0.2, 0) is 0 Å². The number of aromatic nitrogens is 2. The van der Waals surface area contributed by atoms with Crippen molar-refractivity contribution in [3.63, 3.8) is 0 Å². The number of nitrogens with zero attached hydrogens (tertiary/aromatic N) is 3. The van der Waals surface area contributed by atoms with Gasteiger partial charge in [0.25, 0.3) is 0 Å². The predicted molar refractivity (Wildman–Crippen MR) is 72.4 cm³/mol. The summed E-state index contributed by atoms with van der Waals surface area (Å²) in [6.07, 6.45) is 3.07. The van der Waals surface area contributed by atoms with Gasteiger partial charge in [-0.1, -0.05) is 39.7 Å². The summed E-state index contributed by atoms with van der Waals surface area (Å²) in [7, 11) is 0. The molecule has 6 heteroatoms. The molecule has 0 saturated heterocycles. The molecule has 0 spiro atoms. The van der Waals surface area contributed by atoms with Crippen LogP contribution in [0.15, 0.2) is 46.2 Å². The van der Waals surface area contributed by atoms with Gasteiger partial charge in [-0.15, -0.1) is 0 Å². The molecule has 86 valence electrons. The molecule has 17 heavy (non-hydrogen) atoms. The molecule has 0 aliphatic carbocycles. The Morgan fingerprint density at radius 1 is 1.24 bits per heavy atom. The van der Waals surface area contributed by atoms with E-state index in [0.29, 0.717) is 11.0 Å². The zero-order chi connectivity index (χ0) is 12.1. The van der Waals surface area contributed by atoms with Gasteiger partial charge in [0, 0.05) is 10.5 Å². The molecule has 2 aromatic rings. The number of halogens is 2. The highest BCUT2D eigenvalue weighted by Crippen LogP contribution is 2.10. The fourth-order valence-corrected chi connectivity index (χ4v) is 1.53. The zero-order valence-electron chi connectivity index (χ0n) is 8.64. The number of hydrazone groups is 1. The summed E-state index contributed by atoms with van der Waals surface area (Å²) >= 11 is 9.08. The third kappa shape index (κ3) is 3.80. The van der Waals surface area contributed by atoms with E-state index in [1.165, 1.54) is 6.33 Å². The molecule has 0 saturated carbocycles. The van der Waals surface area contributed by atoms with Gasteiger partial charge < -0.3 is 0 Å². The second-order valence-corrected chi connectivity index (χ2v) is 4.45. The average Bonchev–Trinajstić information content (AvgIpc) is 2.32. The highest BCUT2D eigenvalue weighted by molar-refractivity contribution is 9.10. The molecule has 0 fully saturated rings. The Bertz CT molecular complexity index is 527. The highest BCUT2D eigenvalue weighted by atomic mass is 79.9. The van der Waals surface area contributed by atoms with E-state index in [4.69, 9.17) is 11.6 Å². The monoisotopic (exact) mass is 310 g/mol. The van der Waals surface area contributed by atoms with Crippen molar-refractivity contribution in [2.45, 2.75) is 0 Å². The Labute approximate surface area is 112 Å². The molecule has 4 nitrogen and oxygen atoms in total. The lowest BCUT2D eigenvalue weighted by atomic mass is 10.2. The fourth-order valence-electron chi connectivity index (χ4n) is 1.12. The number of nitrogens with one attached hydrogen (secondary N) is 1. The van der Waals surface area contributed by atoms with Gasteiger partial charge in [0.15, 0.2) is 5.82 Å². The molecule has 0 amide bonds. The van der Waals surface area contributed by atoms with E-state index in [0.717, 1.165) is 10.0 Å². The van der Waals surface area contributed by atoms with E-state index in [-0.39, 0.29) is 0 Å². The Balaban J connectivity index is 2.00. The summed E-state index contributed by atoms with van der Waals surface area (Å²) in [5.74, 6) is 0.554. The molecule has 0 bridgehead atoms. The maximum atomic E-state index is 5.71. The van der Waals surface area contributed by atoms with Crippen molar-refractivity contribution >= 4 is 39.6 Å². The summed E-state index contributed by atoms with van der Waals surface area (Å²) < 4.78 is 1.03. The van der Waals surface area contributed by atoms with Gasteiger partial charge in [0.1, 0.15) is 11.5 Å². The van der Waals surface area contributed by atoms with Crippen molar-refractivity contribution in [3.05, 3.63) is 51.8 Å². The minimum Gasteiger partial charge on any atom is -0.261 e. The number of hydrogen-bond acceptors (Lipinski definition) is 4. The Morgan fingerprint density at radius 2 is 2.00 bits per heavy atom. The van der Waals surface area contributed by atoms with Crippen molar-refractivity contribution in [1.82, 2.24) is 9.97 Å². The maximum Gasteiger partial charge on any atom is 0.151 e. The van der Waals surface area contributed by atoms with Crippen LogP contribution in [-0.4, -0.2) is 16.2 Å². The van der Waals surface area contributed by atoms with Gasteiger partial charge in [0.2, 0.25) is 0 Å². The molecular formula is C11H8BrClN4. The molecule has 2 rings (SSSR count). The van der Waals surface area contributed by atoms with E-state index < -0.39 is 0 Å². The van der Waals surface area contributed by atoms with E-state index in [2.05, 4.69) is 36.4 Å². The first-order valence-electron chi connectivity index (χ1n) is 4.76. The summed E-state index contributed by atoms with van der Waals surface area (Å²) in [5.41, 5.74) is 3.76. The van der Waals surface area contributed by atoms with Gasteiger partial charge in [-0.3, -0.25) is 5.43 Å². The summed E-state index contributed by atoms with van der Waals surface area (Å²) in [4.78, 5) is 7.73. The van der Waals surface area contributed by atoms with Crippen molar-refractivity contribution < 1.29 is 0 Å². The molecule has 1 N–H and O–H groups in total. The van der Waals surface area contributed by atoms with E-state index >= 15 is 0 Å². The van der Waals surface area contributed by atoms with Gasteiger partial charge in [0.05, 0.1) is 6.21 Å². The predicted octanol–water partition coefficient (Wildman–Crippen LogP) is 3.34. The minimum atomic E-state index is 0.376. The number of rotatable bonds is 3. The first-order chi connectivity index (χ1) is 8.24. The lowest BCUT2D eigenvalue weighted by molar-refractivity contribution is 1.14. The van der Waals surface area contributed by atoms with Crippen LogP contribution < -0.4 is 5.43 Å². The van der Waals surface area contributed by atoms with Crippen molar-refractivity contribution in [3.8, 4) is 0 Å².